The lowest BCUT2D eigenvalue weighted by Gasteiger charge is -2.21. The molecule has 0 saturated carbocycles. The second-order valence-electron chi connectivity index (χ2n) is 5.05. The fourth-order valence-corrected chi connectivity index (χ4v) is 3.48. The fourth-order valence-electron chi connectivity index (χ4n) is 2.61. The van der Waals surface area contributed by atoms with Crippen molar-refractivity contribution in [3.05, 3.63) is 23.0 Å². The highest BCUT2D eigenvalue weighted by molar-refractivity contribution is 9.09. The summed E-state index contributed by atoms with van der Waals surface area (Å²) in [5.41, 5.74) is 0.286. The van der Waals surface area contributed by atoms with E-state index in [1.807, 2.05) is 6.92 Å². The molecule has 1 N–H and O–H groups in total. The monoisotopic (exact) mass is 370 g/mol. The molecule has 0 aliphatic carbocycles. The summed E-state index contributed by atoms with van der Waals surface area (Å²) in [6, 6.07) is 0. The molecule has 3 heterocycles. The topological polar surface area (TPSA) is 99.1 Å². The van der Waals surface area contributed by atoms with E-state index in [9.17, 15) is 9.59 Å². The number of H-pyrrole nitrogens is 1. The minimum absolute atomic E-state index is 0.117. The molecule has 0 amide bonds. The molecule has 3 rings (SSSR count). The molecule has 1 aliphatic rings. The predicted octanol–water partition coefficient (Wildman–Crippen LogP) is 1.12. The summed E-state index contributed by atoms with van der Waals surface area (Å²) in [6.45, 7) is 3.34. The molecule has 2 aromatic heterocycles. The van der Waals surface area contributed by atoms with Crippen LogP contribution in [0.2, 0.25) is 0 Å². The van der Waals surface area contributed by atoms with Crippen LogP contribution in [0.1, 0.15) is 26.5 Å². The lowest BCUT2D eigenvalue weighted by atomic mass is 10.1. The number of carbonyl (C=O) groups excluding carboxylic acids is 1. The zero-order valence-electron chi connectivity index (χ0n) is 12.0. The molecule has 9 heteroatoms. The van der Waals surface area contributed by atoms with Crippen LogP contribution in [0.4, 0.5) is 0 Å². The molecule has 0 aromatic carbocycles. The van der Waals surface area contributed by atoms with Crippen molar-refractivity contribution in [2.45, 2.75) is 43.5 Å². The lowest BCUT2D eigenvalue weighted by molar-refractivity contribution is -0.151. The summed E-state index contributed by atoms with van der Waals surface area (Å²) in [5.74, 6) is -0.393. The molecular formula is C13H15BrN4O4. The van der Waals surface area contributed by atoms with E-state index in [1.54, 1.807) is 4.57 Å². The highest BCUT2D eigenvalue weighted by Crippen LogP contribution is 2.38. The maximum atomic E-state index is 11.7. The van der Waals surface area contributed by atoms with E-state index in [1.165, 1.54) is 19.6 Å². The number of ether oxygens (including phenoxy) is 2. The molecular weight excluding hydrogens is 356 g/mol. The number of esters is 1. The average molecular weight is 371 g/mol. The van der Waals surface area contributed by atoms with Gasteiger partial charge < -0.3 is 14.5 Å². The number of imidazole rings is 1. The zero-order valence-corrected chi connectivity index (χ0v) is 13.6. The Morgan fingerprint density at radius 2 is 2.32 bits per heavy atom. The zero-order chi connectivity index (χ0) is 15.9. The first-order valence-corrected chi connectivity index (χ1v) is 7.81. The standard InChI is InChI=1S/C13H15BrN4O4/c1-3-7-8(14)10(21-6(2)19)13(22-7)18-5-17-9-11(18)15-4-16-12(9)20/h4-5,7-8,10,13H,3H2,1-2H3,(H,15,16,20). The highest BCUT2D eigenvalue weighted by Gasteiger charge is 2.46. The number of nitrogens with one attached hydrogen (secondary N) is 1. The Bertz CT molecular complexity index is 758. The van der Waals surface area contributed by atoms with Crippen molar-refractivity contribution in [3.8, 4) is 0 Å². The van der Waals surface area contributed by atoms with Crippen LogP contribution >= 0.6 is 15.9 Å². The Labute approximate surface area is 134 Å². The third-order valence-electron chi connectivity index (χ3n) is 3.61. The van der Waals surface area contributed by atoms with Crippen molar-refractivity contribution in [3.63, 3.8) is 0 Å². The van der Waals surface area contributed by atoms with Gasteiger partial charge in [0.25, 0.3) is 5.56 Å². The minimum atomic E-state index is -0.586. The number of hydrogen-bond acceptors (Lipinski definition) is 6. The maximum absolute atomic E-state index is 11.7. The molecule has 1 saturated heterocycles. The third kappa shape index (κ3) is 2.44. The van der Waals surface area contributed by atoms with E-state index in [2.05, 4.69) is 30.9 Å². The number of hydrogen-bond donors (Lipinski definition) is 1. The van der Waals surface area contributed by atoms with Crippen molar-refractivity contribution in [1.82, 2.24) is 19.5 Å². The van der Waals surface area contributed by atoms with Crippen LogP contribution in [0.15, 0.2) is 17.4 Å². The molecule has 118 valence electrons. The summed E-state index contributed by atoms with van der Waals surface area (Å²) >= 11 is 3.54. The van der Waals surface area contributed by atoms with Crippen molar-refractivity contribution in [1.29, 1.82) is 0 Å². The van der Waals surface area contributed by atoms with E-state index >= 15 is 0 Å². The van der Waals surface area contributed by atoms with E-state index in [4.69, 9.17) is 9.47 Å². The van der Waals surface area contributed by atoms with E-state index < -0.39 is 18.3 Å². The lowest BCUT2D eigenvalue weighted by Crippen LogP contribution is -2.31. The first-order valence-electron chi connectivity index (χ1n) is 6.90. The molecule has 0 bridgehead atoms. The number of nitrogens with zero attached hydrogens (tertiary/aromatic N) is 3. The van der Waals surface area contributed by atoms with Crippen LogP contribution in [0.3, 0.4) is 0 Å². The molecule has 22 heavy (non-hydrogen) atoms. The number of alkyl halides is 1. The Morgan fingerprint density at radius 3 is 3.00 bits per heavy atom. The Morgan fingerprint density at radius 1 is 1.55 bits per heavy atom. The van der Waals surface area contributed by atoms with Crippen molar-refractivity contribution in [2.75, 3.05) is 0 Å². The van der Waals surface area contributed by atoms with Gasteiger partial charge in [0.2, 0.25) is 0 Å². The first-order chi connectivity index (χ1) is 10.5. The summed E-state index contributed by atoms with van der Waals surface area (Å²) in [5, 5.41) is 0. The summed E-state index contributed by atoms with van der Waals surface area (Å²) < 4.78 is 13.0. The molecule has 0 spiro atoms. The van der Waals surface area contributed by atoms with Gasteiger partial charge in [-0.25, -0.2) is 9.97 Å². The number of fused-ring (bicyclic) bond motifs is 1. The van der Waals surface area contributed by atoms with Gasteiger partial charge in [0.15, 0.2) is 23.5 Å². The van der Waals surface area contributed by atoms with Crippen LogP contribution in [-0.4, -0.2) is 42.5 Å². The van der Waals surface area contributed by atoms with Gasteiger partial charge in [0.05, 0.1) is 23.6 Å². The van der Waals surface area contributed by atoms with Gasteiger partial charge >= 0.3 is 5.97 Å². The molecule has 1 aliphatic heterocycles. The van der Waals surface area contributed by atoms with Gasteiger partial charge in [-0.2, -0.15) is 0 Å². The average Bonchev–Trinajstić information content (AvgIpc) is 3.02. The fraction of sp³-hybridized carbons (Fsp3) is 0.538. The summed E-state index contributed by atoms with van der Waals surface area (Å²) in [6.07, 6.45) is 2.31. The summed E-state index contributed by atoms with van der Waals surface area (Å²) in [7, 11) is 0. The predicted molar refractivity (Wildman–Crippen MR) is 80.6 cm³/mol. The molecule has 8 nitrogen and oxygen atoms in total. The number of carbonyl (C=O) groups is 1. The van der Waals surface area contributed by atoms with Gasteiger partial charge in [-0.15, -0.1) is 0 Å². The SMILES string of the molecule is CCC1OC(n2cnc3c(=O)[nH]cnc32)C(OC(C)=O)C1Br. The van der Waals surface area contributed by atoms with E-state index in [0.717, 1.165) is 6.42 Å². The van der Waals surface area contributed by atoms with Crippen molar-refractivity contribution in [2.24, 2.45) is 0 Å². The highest BCUT2D eigenvalue weighted by atomic mass is 79.9. The molecule has 1 fully saturated rings. The largest absolute Gasteiger partial charge is 0.456 e. The van der Waals surface area contributed by atoms with Crippen molar-refractivity contribution >= 4 is 33.1 Å². The Hall–Kier alpha value is -1.74. The van der Waals surface area contributed by atoms with Gasteiger partial charge in [-0.3, -0.25) is 14.2 Å². The Kier molecular flexibility index (Phi) is 4.00. The third-order valence-corrected chi connectivity index (χ3v) is 4.72. The normalized spacial score (nSPS) is 28.1. The van der Waals surface area contributed by atoms with Gasteiger partial charge in [0, 0.05) is 6.92 Å². The molecule has 4 atom stereocenters. The van der Waals surface area contributed by atoms with Crippen LogP contribution in [0, 0.1) is 0 Å². The van der Waals surface area contributed by atoms with E-state index in [-0.39, 0.29) is 22.0 Å². The molecule has 0 radical (unpaired) electrons. The van der Waals surface area contributed by atoms with Gasteiger partial charge in [0.1, 0.15) is 0 Å². The van der Waals surface area contributed by atoms with Gasteiger partial charge in [-0.05, 0) is 6.42 Å². The molecule has 2 aromatic rings. The number of aromatic nitrogens is 4. The first kappa shape index (κ1) is 15.2. The quantitative estimate of drug-likeness (QED) is 0.641. The molecule has 4 unspecified atom stereocenters. The number of rotatable bonds is 3. The number of aromatic amines is 1. The van der Waals surface area contributed by atoms with Crippen molar-refractivity contribution < 1.29 is 14.3 Å². The van der Waals surface area contributed by atoms with Gasteiger partial charge in [-0.1, -0.05) is 22.9 Å². The minimum Gasteiger partial charge on any atom is -0.456 e. The van der Waals surface area contributed by atoms with Crippen LogP contribution in [0.25, 0.3) is 11.2 Å². The maximum Gasteiger partial charge on any atom is 0.303 e. The second-order valence-corrected chi connectivity index (χ2v) is 6.10. The van der Waals surface area contributed by atoms with Crippen LogP contribution in [-0.2, 0) is 14.3 Å². The second kappa shape index (κ2) is 5.81. The Balaban J connectivity index is 2.05. The van der Waals surface area contributed by atoms with E-state index in [0.29, 0.717) is 5.65 Å². The van der Waals surface area contributed by atoms with Crippen LogP contribution in [0.5, 0.6) is 0 Å². The van der Waals surface area contributed by atoms with Crippen LogP contribution < -0.4 is 5.56 Å². The summed E-state index contributed by atoms with van der Waals surface area (Å²) in [4.78, 5) is 33.7. The smallest absolute Gasteiger partial charge is 0.303 e. The number of halogens is 1.